The van der Waals surface area contributed by atoms with Crippen molar-refractivity contribution in [1.82, 2.24) is 4.90 Å². The van der Waals surface area contributed by atoms with E-state index in [0.717, 1.165) is 55.4 Å². The van der Waals surface area contributed by atoms with Crippen LogP contribution in [-0.2, 0) is 19.0 Å². The summed E-state index contributed by atoms with van der Waals surface area (Å²) in [6.07, 6.45) is 10.8. The number of rotatable bonds is 25. The van der Waals surface area contributed by atoms with Gasteiger partial charge in [-0.05, 0) is 111 Å². The molecule has 2 heterocycles. The molecular weight excluding hydrogens is 859 g/mol. The minimum Gasteiger partial charge on any atom is -0.493 e. The minimum absolute atomic E-state index is 0.0281. The maximum atomic E-state index is 15.1. The molecule has 354 valence electrons. The number of oxime groups is 1. The number of amides is 1. The van der Waals surface area contributed by atoms with Gasteiger partial charge < -0.3 is 48.7 Å². The average molecular weight is 924 g/mol. The lowest BCUT2D eigenvalue weighted by molar-refractivity contribution is -0.255. The summed E-state index contributed by atoms with van der Waals surface area (Å²) in [6.45, 7) is 5.54. The molecule has 0 radical (unpaired) electrons. The number of aliphatic hydroxyl groups is 3. The number of nitriles is 1. The number of benzene rings is 3. The zero-order chi connectivity index (χ0) is 46.1. The summed E-state index contributed by atoms with van der Waals surface area (Å²) in [5.74, 6) is -0.404. The first-order chi connectivity index (χ1) is 32.4. The largest absolute Gasteiger partial charge is 0.493 e. The van der Waals surface area contributed by atoms with Gasteiger partial charge in [0.15, 0.2) is 0 Å². The monoisotopic (exact) mass is 923 g/mol. The lowest BCUT2D eigenvalue weighted by Gasteiger charge is -2.60. The standard InChI is InChI=1S/C52H65N3O10S/c1-2-27-63-52-47(55(23-29-60-30-26-58)51(59)38-19-17-37(36-53)18-20-38)35-45(54-65-48-16-8-11-28-62-48)43-33-39(12-6-9-24-56)42(15-7-10-25-57)49(50(43)52)44-34-40(21-22-46(44)64-52)61-31-32-66-41-13-4-3-5-14-41/h2-5,13-14,17-22,33-34,39,42,47-50,56-58H,1,6-12,15-16,23-32,35H2/t39-,42+,47-,48?,49+,50+,52+/m0/s1. The van der Waals surface area contributed by atoms with Crippen LogP contribution < -0.4 is 9.47 Å². The van der Waals surface area contributed by atoms with Gasteiger partial charge in [0.1, 0.15) is 17.5 Å². The average Bonchev–Trinajstić information content (AvgIpc) is 3.35. The van der Waals surface area contributed by atoms with Crippen molar-refractivity contribution in [3.05, 3.63) is 114 Å². The second kappa shape index (κ2) is 24.9. The summed E-state index contributed by atoms with van der Waals surface area (Å²) in [6, 6.07) is 24.1. The number of allylic oxidation sites excluding steroid dienone is 1. The number of aliphatic hydroxyl groups excluding tert-OH is 3. The molecule has 1 saturated heterocycles. The van der Waals surface area contributed by atoms with Gasteiger partial charge in [0.25, 0.3) is 5.91 Å². The Morgan fingerprint density at radius 3 is 2.50 bits per heavy atom. The molecule has 7 atom stereocenters. The van der Waals surface area contributed by atoms with Crippen LogP contribution in [0.15, 0.2) is 107 Å². The third-order valence-corrected chi connectivity index (χ3v) is 14.0. The molecule has 1 unspecified atom stereocenters. The van der Waals surface area contributed by atoms with Crippen LogP contribution in [0.1, 0.15) is 91.6 Å². The van der Waals surface area contributed by atoms with Crippen LogP contribution in [0.2, 0.25) is 0 Å². The molecule has 1 amide bonds. The van der Waals surface area contributed by atoms with E-state index in [2.05, 4.69) is 36.9 Å². The first-order valence-electron chi connectivity index (χ1n) is 23.6. The molecule has 14 heteroatoms. The summed E-state index contributed by atoms with van der Waals surface area (Å²) in [5, 5.41) is 44.2. The quantitative estimate of drug-likeness (QED) is 0.0324. The number of carbonyl (C=O) groups is 1. The van der Waals surface area contributed by atoms with E-state index in [-0.39, 0.29) is 76.3 Å². The summed E-state index contributed by atoms with van der Waals surface area (Å²) >= 11 is 1.73. The molecule has 2 aliphatic heterocycles. The zero-order valence-corrected chi connectivity index (χ0v) is 38.7. The summed E-state index contributed by atoms with van der Waals surface area (Å²) in [5.41, 5.74) is 3.34. The fourth-order valence-corrected chi connectivity index (χ4v) is 10.8. The van der Waals surface area contributed by atoms with Crippen molar-refractivity contribution in [3.63, 3.8) is 0 Å². The Labute approximate surface area is 393 Å². The Bertz CT molecular complexity index is 2120. The Balaban J connectivity index is 1.39. The molecular formula is C52H65N3O10S. The summed E-state index contributed by atoms with van der Waals surface area (Å²) < 4.78 is 32.9. The number of hydrogen-bond donors (Lipinski definition) is 3. The molecule has 13 nitrogen and oxygen atoms in total. The van der Waals surface area contributed by atoms with Gasteiger partial charge >= 0.3 is 0 Å². The fraction of sp³-hybridized carbons (Fsp3) is 0.519. The van der Waals surface area contributed by atoms with Crippen LogP contribution in [0.5, 0.6) is 11.5 Å². The topological polar surface area (TPSA) is 173 Å². The number of thioether (sulfide) groups is 1. The van der Waals surface area contributed by atoms with Crippen molar-refractivity contribution >= 4 is 23.4 Å². The molecule has 3 aromatic carbocycles. The maximum absolute atomic E-state index is 15.1. The van der Waals surface area contributed by atoms with Gasteiger partial charge in [0.2, 0.25) is 12.1 Å². The highest BCUT2D eigenvalue weighted by Crippen LogP contribution is 2.62. The fourth-order valence-electron chi connectivity index (χ4n) is 10.1. The molecule has 2 aliphatic carbocycles. The van der Waals surface area contributed by atoms with E-state index in [0.29, 0.717) is 60.8 Å². The predicted molar refractivity (Wildman–Crippen MR) is 252 cm³/mol. The molecule has 3 N–H and O–H groups in total. The lowest BCUT2D eigenvalue weighted by Crippen LogP contribution is -2.70. The SMILES string of the molecule is C=CCO[C@@]12Oc3ccc(OCCSc4ccccc4)cc3[C@H]3[C@H](CCCCO)[C@@H](CCCCO)C=C(C(=NOC4CCCCO4)C[C@@H]1N(CCOCCO)C(=O)c1ccc(C#N)cc1)[C@H]32. The molecule has 3 aromatic rings. The highest BCUT2D eigenvalue weighted by atomic mass is 32.2. The normalized spacial score (nSPS) is 24.8. The van der Waals surface area contributed by atoms with Gasteiger partial charge in [-0.1, -0.05) is 48.3 Å². The van der Waals surface area contributed by atoms with Crippen LogP contribution in [0.4, 0.5) is 0 Å². The van der Waals surface area contributed by atoms with Crippen LogP contribution in [-0.4, -0.2) is 115 Å². The van der Waals surface area contributed by atoms with Gasteiger partial charge in [0, 0.05) is 60.3 Å². The molecule has 0 bridgehead atoms. The third kappa shape index (κ3) is 11.9. The smallest absolute Gasteiger partial charge is 0.254 e. The van der Waals surface area contributed by atoms with Gasteiger partial charge in [0.05, 0.1) is 62.9 Å². The van der Waals surface area contributed by atoms with E-state index in [1.807, 2.05) is 30.3 Å². The molecule has 1 saturated carbocycles. The number of fused-ring (bicyclic) bond motifs is 2. The van der Waals surface area contributed by atoms with E-state index in [4.69, 9.17) is 33.7 Å². The Morgan fingerprint density at radius 2 is 1.77 bits per heavy atom. The lowest BCUT2D eigenvalue weighted by atomic mass is 9.55. The van der Waals surface area contributed by atoms with Gasteiger partial charge in [-0.25, -0.2) is 0 Å². The Hall–Kier alpha value is -4.72. The second-order valence-electron chi connectivity index (χ2n) is 17.2. The first kappa shape index (κ1) is 49.2. The molecule has 66 heavy (non-hydrogen) atoms. The van der Waals surface area contributed by atoms with Crippen LogP contribution in [0, 0.1) is 29.1 Å². The Kier molecular flexibility index (Phi) is 18.5. The molecule has 0 aromatic heterocycles. The maximum Gasteiger partial charge on any atom is 0.254 e. The van der Waals surface area contributed by atoms with Crippen LogP contribution >= 0.6 is 11.8 Å². The van der Waals surface area contributed by atoms with Crippen LogP contribution in [0.25, 0.3) is 0 Å². The Morgan fingerprint density at radius 1 is 0.970 bits per heavy atom. The number of ether oxygens (including phenoxy) is 5. The molecule has 0 spiro atoms. The highest BCUT2D eigenvalue weighted by molar-refractivity contribution is 7.99. The minimum atomic E-state index is -1.49. The van der Waals surface area contributed by atoms with E-state index in [1.54, 1.807) is 47.0 Å². The van der Waals surface area contributed by atoms with Crippen molar-refractivity contribution in [2.75, 3.05) is 65.2 Å². The first-order valence-corrected chi connectivity index (χ1v) is 24.6. The number of unbranched alkanes of at least 4 members (excludes halogenated alkanes) is 2. The van der Waals surface area contributed by atoms with Crippen molar-refractivity contribution in [2.24, 2.45) is 22.9 Å². The summed E-state index contributed by atoms with van der Waals surface area (Å²) in [4.78, 5) is 24.3. The number of carbonyl (C=O) groups excluding carboxylic acids is 1. The van der Waals surface area contributed by atoms with Crippen molar-refractivity contribution in [1.29, 1.82) is 5.26 Å². The van der Waals surface area contributed by atoms with Gasteiger partial charge in [-0.3, -0.25) is 4.79 Å². The zero-order valence-electron chi connectivity index (χ0n) is 37.8. The van der Waals surface area contributed by atoms with Crippen molar-refractivity contribution in [2.45, 2.75) is 93.1 Å². The number of nitrogens with zero attached hydrogens (tertiary/aromatic N) is 3. The molecule has 4 aliphatic rings. The molecule has 2 fully saturated rings. The second-order valence-corrected chi connectivity index (χ2v) is 18.4. The van der Waals surface area contributed by atoms with E-state index in [9.17, 15) is 20.6 Å². The van der Waals surface area contributed by atoms with E-state index in [1.165, 1.54) is 4.90 Å². The van der Waals surface area contributed by atoms with E-state index >= 15 is 4.79 Å². The number of hydrogen-bond acceptors (Lipinski definition) is 13. The van der Waals surface area contributed by atoms with Crippen LogP contribution in [0.3, 0.4) is 0 Å². The third-order valence-electron chi connectivity index (χ3n) is 13.0. The predicted octanol–water partition coefficient (Wildman–Crippen LogP) is 8.04. The van der Waals surface area contributed by atoms with Crippen molar-refractivity contribution in [3.8, 4) is 17.6 Å². The van der Waals surface area contributed by atoms with Gasteiger partial charge in [-0.15, -0.1) is 18.3 Å². The molecule has 7 rings (SSSR count). The highest BCUT2D eigenvalue weighted by Gasteiger charge is 2.65. The van der Waals surface area contributed by atoms with E-state index < -0.39 is 24.0 Å². The summed E-state index contributed by atoms with van der Waals surface area (Å²) in [7, 11) is 0. The van der Waals surface area contributed by atoms with Crippen molar-refractivity contribution < 1.29 is 48.6 Å². The van der Waals surface area contributed by atoms with Gasteiger partial charge in [-0.2, -0.15) is 5.26 Å².